The lowest BCUT2D eigenvalue weighted by Crippen LogP contribution is -2.54. The molecule has 0 aliphatic carbocycles. The molecular formula is C14H30N2O2. The predicted molar refractivity (Wildman–Crippen MR) is 74.9 cm³/mol. The zero-order chi connectivity index (χ0) is 13.6. The predicted octanol–water partition coefficient (Wildman–Crippen LogP) is 1.24. The summed E-state index contributed by atoms with van der Waals surface area (Å²) in [6.07, 6.45) is 2.06. The van der Waals surface area contributed by atoms with Crippen molar-refractivity contribution < 1.29 is 9.84 Å². The quantitative estimate of drug-likeness (QED) is 0.721. The Bertz CT molecular complexity index is 238. The molecule has 3 unspecified atom stereocenters. The Balaban J connectivity index is 2.51. The topological polar surface area (TPSA) is 44.7 Å². The fourth-order valence-electron chi connectivity index (χ4n) is 2.78. The first-order valence-electron chi connectivity index (χ1n) is 7.22. The van der Waals surface area contributed by atoms with Gasteiger partial charge in [0.1, 0.15) is 0 Å². The molecule has 3 atom stereocenters. The number of aliphatic hydroxyl groups is 1. The Hall–Kier alpha value is -0.160. The van der Waals surface area contributed by atoms with Gasteiger partial charge >= 0.3 is 0 Å². The van der Waals surface area contributed by atoms with E-state index in [1.165, 1.54) is 0 Å². The fraction of sp³-hybridized carbons (Fsp3) is 1.00. The number of nitrogens with one attached hydrogen (secondary N) is 1. The van der Waals surface area contributed by atoms with Gasteiger partial charge in [0.2, 0.25) is 0 Å². The highest BCUT2D eigenvalue weighted by molar-refractivity contribution is 4.89. The van der Waals surface area contributed by atoms with Crippen LogP contribution in [0.25, 0.3) is 0 Å². The van der Waals surface area contributed by atoms with Crippen LogP contribution in [0.15, 0.2) is 0 Å². The number of aliphatic hydroxyl groups excluding tert-OH is 1. The summed E-state index contributed by atoms with van der Waals surface area (Å²) in [7, 11) is 0. The fourth-order valence-corrected chi connectivity index (χ4v) is 2.78. The molecule has 0 radical (unpaired) electrons. The van der Waals surface area contributed by atoms with Gasteiger partial charge in [0.25, 0.3) is 0 Å². The molecule has 1 rings (SSSR count). The molecule has 0 amide bonds. The van der Waals surface area contributed by atoms with Crippen LogP contribution in [0.5, 0.6) is 0 Å². The molecular weight excluding hydrogens is 228 g/mol. The van der Waals surface area contributed by atoms with Crippen LogP contribution < -0.4 is 5.32 Å². The lowest BCUT2D eigenvalue weighted by Gasteiger charge is -2.41. The van der Waals surface area contributed by atoms with E-state index in [9.17, 15) is 5.11 Å². The van der Waals surface area contributed by atoms with Crippen LogP contribution in [-0.2, 0) is 4.74 Å². The highest BCUT2D eigenvalue weighted by atomic mass is 16.5. The third-order valence-corrected chi connectivity index (χ3v) is 3.88. The Morgan fingerprint density at radius 3 is 2.83 bits per heavy atom. The van der Waals surface area contributed by atoms with Crippen molar-refractivity contribution in [1.82, 2.24) is 10.2 Å². The van der Waals surface area contributed by atoms with Gasteiger partial charge in [-0.25, -0.2) is 0 Å². The summed E-state index contributed by atoms with van der Waals surface area (Å²) < 4.78 is 5.48. The number of nitrogens with zero attached hydrogens (tertiary/aromatic N) is 1. The summed E-state index contributed by atoms with van der Waals surface area (Å²) in [6, 6.07) is 0.938. The summed E-state index contributed by atoms with van der Waals surface area (Å²) in [4.78, 5) is 2.49. The van der Waals surface area contributed by atoms with Crippen LogP contribution in [0.3, 0.4) is 0 Å². The molecule has 1 heterocycles. The van der Waals surface area contributed by atoms with E-state index in [0.717, 1.165) is 39.1 Å². The maximum atomic E-state index is 9.62. The van der Waals surface area contributed by atoms with Gasteiger partial charge in [-0.05, 0) is 40.2 Å². The standard InChI is InChI=1S/C14H30N2O2/c1-5-6-15-14(4,11-17)9-12(2)16-7-8-18-10-13(16)3/h12-13,15,17H,5-11H2,1-4H3. The molecule has 0 saturated carbocycles. The van der Waals surface area contributed by atoms with E-state index in [1.807, 2.05) is 0 Å². The molecule has 0 bridgehead atoms. The SMILES string of the molecule is CCCNC(C)(CO)CC(C)N1CCOCC1C. The minimum absolute atomic E-state index is 0.173. The van der Waals surface area contributed by atoms with Gasteiger partial charge in [-0.2, -0.15) is 0 Å². The highest BCUT2D eigenvalue weighted by Crippen LogP contribution is 2.19. The van der Waals surface area contributed by atoms with Crippen molar-refractivity contribution >= 4 is 0 Å². The molecule has 4 nitrogen and oxygen atoms in total. The lowest BCUT2D eigenvalue weighted by atomic mass is 9.92. The first kappa shape index (κ1) is 15.9. The van der Waals surface area contributed by atoms with E-state index in [2.05, 4.69) is 37.9 Å². The minimum Gasteiger partial charge on any atom is -0.394 e. The largest absolute Gasteiger partial charge is 0.394 e. The van der Waals surface area contributed by atoms with Crippen molar-refractivity contribution in [2.24, 2.45) is 0 Å². The molecule has 0 aromatic carbocycles. The van der Waals surface area contributed by atoms with Gasteiger partial charge in [-0.1, -0.05) is 6.92 Å². The van der Waals surface area contributed by atoms with Crippen LogP contribution in [-0.4, -0.2) is 60.5 Å². The summed E-state index contributed by atoms with van der Waals surface area (Å²) >= 11 is 0. The lowest BCUT2D eigenvalue weighted by molar-refractivity contribution is -0.0269. The molecule has 2 N–H and O–H groups in total. The third kappa shape index (κ3) is 4.50. The molecule has 1 aliphatic rings. The highest BCUT2D eigenvalue weighted by Gasteiger charge is 2.30. The van der Waals surface area contributed by atoms with Crippen LogP contribution in [0.4, 0.5) is 0 Å². The molecule has 1 saturated heterocycles. The Morgan fingerprint density at radius 2 is 2.28 bits per heavy atom. The van der Waals surface area contributed by atoms with Gasteiger partial charge in [0.05, 0.1) is 19.8 Å². The number of hydrogen-bond acceptors (Lipinski definition) is 4. The smallest absolute Gasteiger partial charge is 0.0619 e. The maximum Gasteiger partial charge on any atom is 0.0619 e. The van der Waals surface area contributed by atoms with Crippen molar-refractivity contribution in [2.75, 3.05) is 32.9 Å². The monoisotopic (exact) mass is 258 g/mol. The Labute approximate surface area is 112 Å². The molecule has 1 fully saturated rings. The van der Waals surface area contributed by atoms with E-state index in [1.54, 1.807) is 0 Å². The van der Waals surface area contributed by atoms with Crippen LogP contribution in [0.1, 0.15) is 40.5 Å². The van der Waals surface area contributed by atoms with E-state index < -0.39 is 0 Å². The van der Waals surface area contributed by atoms with Crippen LogP contribution in [0, 0.1) is 0 Å². The van der Waals surface area contributed by atoms with E-state index in [4.69, 9.17) is 4.74 Å². The third-order valence-electron chi connectivity index (χ3n) is 3.88. The van der Waals surface area contributed by atoms with Gasteiger partial charge in [0.15, 0.2) is 0 Å². The second-order valence-electron chi connectivity index (χ2n) is 5.86. The summed E-state index contributed by atoms with van der Waals surface area (Å²) in [5.41, 5.74) is -0.173. The van der Waals surface area contributed by atoms with E-state index in [-0.39, 0.29) is 12.1 Å². The van der Waals surface area contributed by atoms with Crippen LogP contribution >= 0.6 is 0 Å². The second kappa shape index (κ2) is 7.43. The van der Waals surface area contributed by atoms with Gasteiger partial charge in [-0.3, -0.25) is 4.90 Å². The molecule has 4 heteroatoms. The maximum absolute atomic E-state index is 9.62. The summed E-state index contributed by atoms with van der Waals surface area (Å²) in [5.74, 6) is 0. The van der Waals surface area contributed by atoms with Gasteiger partial charge in [0, 0.05) is 24.2 Å². The molecule has 18 heavy (non-hydrogen) atoms. The first-order chi connectivity index (χ1) is 8.52. The number of morpholine rings is 1. The minimum atomic E-state index is -0.173. The molecule has 1 aliphatic heterocycles. The zero-order valence-electron chi connectivity index (χ0n) is 12.4. The van der Waals surface area contributed by atoms with E-state index in [0.29, 0.717) is 12.1 Å². The Morgan fingerprint density at radius 1 is 1.56 bits per heavy atom. The van der Waals surface area contributed by atoms with E-state index >= 15 is 0 Å². The summed E-state index contributed by atoms with van der Waals surface area (Å²) in [6.45, 7) is 12.5. The molecule has 0 aromatic rings. The van der Waals surface area contributed by atoms with Crippen molar-refractivity contribution in [3.63, 3.8) is 0 Å². The molecule has 0 aromatic heterocycles. The van der Waals surface area contributed by atoms with Gasteiger partial charge < -0.3 is 15.2 Å². The van der Waals surface area contributed by atoms with Gasteiger partial charge in [-0.15, -0.1) is 0 Å². The van der Waals surface area contributed by atoms with Crippen molar-refractivity contribution in [3.8, 4) is 0 Å². The van der Waals surface area contributed by atoms with Crippen molar-refractivity contribution in [2.45, 2.75) is 58.2 Å². The van der Waals surface area contributed by atoms with Crippen molar-refractivity contribution in [1.29, 1.82) is 0 Å². The van der Waals surface area contributed by atoms with Crippen molar-refractivity contribution in [3.05, 3.63) is 0 Å². The first-order valence-corrected chi connectivity index (χ1v) is 7.22. The molecule has 108 valence electrons. The second-order valence-corrected chi connectivity index (χ2v) is 5.86. The Kier molecular flexibility index (Phi) is 6.57. The number of ether oxygens (including phenoxy) is 1. The van der Waals surface area contributed by atoms with Crippen LogP contribution in [0.2, 0.25) is 0 Å². The normalized spacial score (nSPS) is 26.8. The number of hydrogen-bond donors (Lipinski definition) is 2. The summed E-state index contributed by atoms with van der Waals surface area (Å²) in [5, 5.41) is 13.1. The number of rotatable bonds is 7. The molecule has 0 spiro atoms. The average molecular weight is 258 g/mol. The zero-order valence-corrected chi connectivity index (χ0v) is 12.4. The average Bonchev–Trinajstić information content (AvgIpc) is 2.37.